The number of hydrogen-bond acceptors (Lipinski definition) is 7. The molecule has 0 aromatic rings. The van der Waals surface area contributed by atoms with E-state index in [1.165, 1.54) is 0 Å². The molecule has 0 bridgehead atoms. The number of amides is 3. The molecule has 0 aromatic heterocycles. The van der Waals surface area contributed by atoms with Crippen molar-refractivity contribution in [2.24, 2.45) is 17.6 Å². The molecule has 0 fully saturated rings. The summed E-state index contributed by atoms with van der Waals surface area (Å²) in [7, 11) is 0. The van der Waals surface area contributed by atoms with Crippen LogP contribution in [0.15, 0.2) is 0 Å². The molecule has 8 N–H and O–H groups in total. The summed E-state index contributed by atoms with van der Waals surface area (Å²) in [6.45, 7) is 6.32. The van der Waals surface area contributed by atoms with Crippen LogP contribution in [0.1, 0.15) is 47.0 Å². The zero-order valence-electron chi connectivity index (χ0n) is 18.3. The van der Waals surface area contributed by atoms with E-state index in [1.807, 2.05) is 0 Å². The zero-order valence-corrected chi connectivity index (χ0v) is 18.3. The second-order valence-electron chi connectivity index (χ2n) is 8.17. The maximum Gasteiger partial charge on any atom is 0.326 e. The third-order valence-electron chi connectivity index (χ3n) is 4.21. The third-order valence-corrected chi connectivity index (χ3v) is 4.21. The SMILES string of the molecule is CC(C)CC(NC(=O)C(CO)NC(=O)C(CC(C)C)NC(=O)C(N)CC(=O)O)C(=O)O. The third kappa shape index (κ3) is 11.3. The van der Waals surface area contributed by atoms with E-state index < -0.39 is 66.9 Å². The largest absolute Gasteiger partial charge is 0.481 e. The lowest BCUT2D eigenvalue weighted by Crippen LogP contribution is -2.58. The fourth-order valence-corrected chi connectivity index (χ4v) is 2.69. The molecule has 0 aliphatic carbocycles. The van der Waals surface area contributed by atoms with Gasteiger partial charge < -0.3 is 37.0 Å². The lowest BCUT2D eigenvalue weighted by atomic mass is 10.0. The van der Waals surface area contributed by atoms with Crippen LogP contribution < -0.4 is 21.7 Å². The maximum absolute atomic E-state index is 12.6. The smallest absolute Gasteiger partial charge is 0.326 e. The van der Waals surface area contributed by atoms with Gasteiger partial charge in [-0.05, 0) is 24.7 Å². The van der Waals surface area contributed by atoms with Crippen molar-refractivity contribution < 1.29 is 39.3 Å². The van der Waals surface area contributed by atoms with E-state index in [9.17, 15) is 34.2 Å². The molecule has 0 aliphatic heterocycles. The van der Waals surface area contributed by atoms with Crippen LogP contribution in [0.3, 0.4) is 0 Å². The molecule has 0 aliphatic rings. The van der Waals surface area contributed by atoms with Crippen molar-refractivity contribution in [3.63, 3.8) is 0 Å². The molecule has 178 valence electrons. The number of carboxylic acids is 2. The van der Waals surface area contributed by atoms with Crippen molar-refractivity contribution in [2.45, 2.75) is 71.1 Å². The lowest BCUT2D eigenvalue weighted by molar-refractivity contribution is -0.143. The molecule has 12 heteroatoms. The molecule has 0 radical (unpaired) electrons. The van der Waals surface area contributed by atoms with Crippen LogP contribution in [0.4, 0.5) is 0 Å². The number of carbonyl (C=O) groups is 5. The molecule has 31 heavy (non-hydrogen) atoms. The lowest BCUT2D eigenvalue weighted by Gasteiger charge is -2.25. The van der Waals surface area contributed by atoms with Crippen molar-refractivity contribution in [3.05, 3.63) is 0 Å². The van der Waals surface area contributed by atoms with Gasteiger partial charge in [0, 0.05) is 0 Å². The standard InChI is InChI=1S/C19H34N4O8/c1-9(2)5-12(21-16(27)11(20)7-15(25)26)17(28)23-14(8-24)18(29)22-13(19(30)31)6-10(3)4/h9-14,24H,5-8,20H2,1-4H3,(H,21,27)(H,22,29)(H,23,28)(H,25,26)(H,30,31). The number of carbonyl (C=O) groups excluding carboxylic acids is 3. The number of rotatable bonds is 14. The number of aliphatic hydroxyl groups is 1. The molecular formula is C19H34N4O8. The summed E-state index contributed by atoms with van der Waals surface area (Å²) >= 11 is 0. The van der Waals surface area contributed by atoms with Gasteiger partial charge in [0.2, 0.25) is 17.7 Å². The van der Waals surface area contributed by atoms with Gasteiger partial charge in [0.15, 0.2) is 0 Å². The van der Waals surface area contributed by atoms with E-state index in [0.29, 0.717) is 0 Å². The highest BCUT2D eigenvalue weighted by Gasteiger charge is 2.30. The number of aliphatic hydroxyl groups excluding tert-OH is 1. The highest BCUT2D eigenvalue weighted by atomic mass is 16.4. The monoisotopic (exact) mass is 446 g/mol. The molecular weight excluding hydrogens is 412 g/mol. The molecule has 3 amide bonds. The zero-order chi connectivity index (χ0) is 24.3. The maximum atomic E-state index is 12.6. The van der Waals surface area contributed by atoms with Crippen LogP contribution >= 0.6 is 0 Å². The molecule has 0 aromatic carbocycles. The minimum Gasteiger partial charge on any atom is -0.481 e. The van der Waals surface area contributed by atoms with Crippen LogP contribution in [-0.2, 0) is 24.0 Å². The Balaban J connectivity index is 5.25. The van der Waals surface area contributed by atoms with Crippen molar-refractivity contribution >= 4 is 29.7 Å². The number of hydrogen-bond donors (Lipinski definition) is 7. The minimum atomic E-state index is -1.44. The average Bonchev–Trinajstić information content (AvgIpc) is 2.63. The van der Waals surface area contributed by atoms with Crippen LogP contribution in [0.5, 0.6) is 0 Å². The Hall–Kier alpha value is -2.73. The number of aliphatic carboxylic acids is 2. The Morgan fingerprint density at radius 1 is 0.742 bits per heavy atom. The summed E-state index contributed by atoms with van der Waals surface area (Å²) in [6.07, 6.45) is -0.321. The summed E-state index contributed by atoms with van der Waals surface area (Å²) < 4.78 is 0. The van der Waals surface area contributed by atoms with Gasteiger partial charge in [-0.15, -0.1) is 0 Å². The van der Waals surface area contributed by atoms with Crippen LogP contribution in [0, 0.1) is 11.8 Å². The van der Waals surface area contributed by atoms with Crippen molar-refractivity contribution in [3.8, 4) is 0 Å². The molecule has 4 atom stereocenters. The second-order valence-corrected chi connectivity index (χ2v) is 8.17. The van der Waals surface area contributed by atoms with Gasteiger partial charge in [-0.25, -0.2) is 4.79 Å². The van der Waals surface area contributed by atoms with E-state index in [2.05, 4.69) is 16.0 Å². The molecule has 0 saturated carbocycles. The fourth-order valence-electron chi connectivity index (χ4n) is 2.69. The highest BCUT2D eigenvalue weighted by Crippen LogP contribution is 2.08. The Morgan fingerprint density at radius 2 is 1.16 bits per heavy atom. The fraction of sp³-hybridized carbons (Fsp3) is 0.737. The van der Waals surface area contributed by atoms with Gasteiger partial charge in [-0.3, -0.25) is 19.2 Å². The molecule has 0 heterocycles. The molecule has 4 unspecified atom stereocenters. The van der Waals surface area contributed by atoms with Crippen LogP contribution in [0.25, 0.3) is 0 Å². The number of carboxylic acid groups (broad SMARTS) is 2. The first-order chi connectivity index (χ1) is 14.3. The van der Waals surface area contributed by atoms with Crippen LogP contribution in [0.2, 0.25) is 0 Å². The van der Waals surface area contributed by atoms with E-state index in [0.717, 1.165) is 0 Å². The molecule has 0 rings (SSSR count). The summed E-state index contributed by atoms with van der Waals surface area (Å²) in [5.74, 6) is -5.15. The first kappa shape index (κ1) is 28.3. The first-order valence-electron chi connectivity index (χ1n) is 10.0. The summed E-state index contributed by atoms with van der Waals surface area (Å²) in [6, 6.07) is -5.15. The van der Waals surface area contributed by atoms with E-state index in [4.69, 9.17) is 10.8 Å². The van der Waals surface area contributed by atoms with Crippen molar-refractivity contribution in [1.29, 1.82) is 0 Å². The average molecular weight is 447 g/mol. The predicted octanol–water partition coefficient (Wildman–Crippen LogP) is -1.59. The summed E-state index contributed by atoms with van der Waals surface area (Å²) in [5.41, 5.74) is 5.51. The normalized spacial score (nSPS) is 15.0. The van der Waals surface area contributed by atoms with Gasteiger partial charge >= 0.3 is 11.9 Å². The van der Waals surface area contributed by atoms with Crippen molar-refractivity contribution in [2.75, 3.05) is 6.61 Å². The number of nitrogens with two attached hydrogens (primary N) is 1. The highest BCUT2D eigenvalue weighted by molar-refractivity contribution is 5.94. The van der Waals surface area contributed by atoms with Gasteiger partial charge in [0.25, 0.3) is 0 Å². The Kier molecular flexibility index (Phi) is 12.4. The van der Waals surface area contributed by atoms with Crippen LogP contribution in [-0.4, -0.2) is 75.8 Å². The molecule has 0 spiro atoms. The van der Waals surface area contributed by atoms with E-state index >= 15 is 0 Å². The quantitative estimate of drug-likeness (QED) is 0.164. The van der Waals surface area contributed by atoms with Gasteiger partial charge in [-0.2, -0.15) is 0 Å². The van der Waals surface area contributed by atoms with Gasteiger partial charge in [0.1, 0.15) is 18.1 Å². The second kappa shape index (κ2) is 13.5. The minimum absolute atomic E-state index is 0.0239. The first-order valence-corrected chi connectivity index (χ1v) is 10.0. The predicted molar refractivity (Wildman–Crippen MR) is 110 cm³/mol. The Labute approximate surface area is 180 Å². The Morgan fingerprint density at radius 3 is 1.58 bits per heavy atom. The van der Waals surface area contributed by atoms with E-state index in [-0.39, 0.29) is 24.7 Å². The number of nitrogens with one attached hydrogen (secondary N) is 3. The van der Waals surface area contributed by atoms with Crippen molar-refractivity contribution in [1.82, 2.24) is 16.0 Å². The topological polar surface area (TPSA) is 208 Å². The molecule has 12 nitrogen and oxygen atoms in total. The molecule has 0 saturated heterocycles. The summed E-state index contributed by atoms with van der Waals surface area (Å²) in [5, 5.41) is 34.4. The van der Waals surface area contributed by atoms with E-state index in [1.54, 1.807) is 27.7 Å². The Bertz CT molecular complexity index is 653. The summed E-state index contributed by atoms with van der Waals surface area (Å²) in [4.78, 5) is 59.2. The van der Waals surface area contributed by atoms with Gasteiger partial charge in [-0.1, -0.05) is 27.7 Å². The van der Waals surface area contributed by atoms with Gasteiger partial charge in [0.05, 0.1) is 19.1 Å².